The van der Waals surface area contributed by atoms with Gasteiger partial charge < -0.3 is 4.90 Å². The molecule has 0 bridgehead atoms. The zero-order valence-electron chi connectivity index (χ0n) is 19.5. The number of nitriles is 1. The number of fused-ring (bicyclic) bond motifs is 1. The Bertz CT molecular complexity index is 1220. The first-order valence-electron chi connectivity index (χ1n) is 12.2. The van der Waals surface area contributed by atoms with Crippen LogP contribution in [0.4, 0.5) is 19.0 Å². The lowest BCUT2D eigenvalue weighted by Gasteiger charge is -2.36. The lowest BCUT2D eigenvalue weighted by molar-refractivity contribution is -0.140. The fourth-order valence-electron chi connectivity index (χ4n) is 5.01. The Balaban J connectivity index is 1.24. The Morgan fingerprint density at radius 3 is 2.43 bits per heavy atom. The minimum atomic E-state index is -4.46. The molecule has 35 heavy (non-hydrogen) atoms. The van der Waals surface area contributed by atoms with Crippen molar-refractivity contribution in [3.8, 4) is 6.07 Å². The van der Waals surface area contributed by atoms with Crippen molar-refractivity contribution in [1.29, 1.82) is 5.26 Å². The van der Waals surface area contributed by atoms with Crippen LogP contribution in [0.1, 0.15) is 42.5 Å². The number of halogens is 3. The Hall–Kier alpha value is -3.18. The molecule has 5 rings (SSSR count). The van der Waals surface area contributed by atoms with Crippen molar-refractivity contribution in [3.63, 3.8) is 0 Å². The van der Waals surface area contributed by atoms with Crippen LogP contribution in [0.3, 0.4) is 0 Å². The third kappa shape index (κ3) is 5.73. The molecular weight excluding hydrogens is 451 g/mol. The topological polar surface area (TPSA) is 56.1 Å². The van der Waals surface area contributed by atoms with E-state index in [4.69, 9.17) is 0 Å². The van der Waals surface area contributed by atoms with Crippen molar-refractivity contribution in [2.24, 2.45) is 11.8 Å². The third-order valence-electron chi connectivity index (χ3n) is 6.99. The predicted octanol–water partition coefficient (Wildman–Crippen LogP) is 5.65. The van der Waals surface area contributed by atoms with Gasteiger partial charge in [-0.25, -0.2) is 9.97 Å². The van der Waals surface area contributed by atoms with E-state index in [1.165, 1.54) is 30.5 Å². The van der Waals surface area contributed by atoms with E-state index in [-0.39, 0.29) is 0 Å². The van der Waals surface area contributed by atoms with Crippen LogP contribution >= 0.6 is 0 Å². The quantitative estimate of drug-likeness (QED) is 0.438. The minimum absolute atomic E-state index is 0.321. The molecule has 3 heterocycles. The number of hydrogen-bond donors (Lipinski definition) is 0. The first-order chi connectivity index (χ1) is 16.9. The summed E-state index contributed by atoms with van der Waals surface area (Å²) in [4.78, 5) is 13.0. The van der Waals surface area contributed by atoms with Gasteiger partial charge in [-0.3, -0.25) is 4.90 Å². The van der Waals surface area contributed by atoms with Crippen molar-refractivity contribution in [1.82, 2.24) is 14.9 Å². The SMILES string of the molecule is N#Cc1cccc(CN(CC2CC2)CC2CCN(c3nccc4nc(C(F)(F)F)ccc34)CC2)c1. The van der Waals surface area contributed by atoms with E-state index in [0.717, 1.165) is 57.5 Å². The Labute approximate surface area is 203 Å². The van der Waals surface area contributed by atoms with E-state index in [9.17, 15) is 18.4 Å². The molecule has 2 aromatic heterocycles. The van der Waals surface area contributed by atoms with Crippen LogP contribution in [0.5, 0.6) is 0 Å². The highest BCUT2D eigenvalue weighted by Gasteiger charge is 2.33. The molecular formula is C27H28F3N5. The molecule has 1 saturated heterocycles. The molecule has 1 aromatic carbocycles. The summed E-state index contributed by atoms with van der Waals surface area (Å²) in [7, 11) is 0. The molecule has 1 aliphatic heterocycles. The molecule has 0 atom stereocenters. The van der Waals surface area contributed by atoms with E-state index in [0.29, 0.717) is 28.2 Å². The molecule has 0 spiro atoms. The lowest BCUT2D eigenvalue weighted by Crippen LogP contribution is -2.39. The van der Waals surface area contributed by atoms with Gasteiger partial charge in [0.05, 0.1) is 17.1 Å². The molecule has 2 fully saturated rings. The van der Waals surface area contributed by atoms with Gasteiger partial charge in [0.2, 0.25) is 0 Å². The van der Waals surface area contributed by atoms with E-state index in [1.54, 1.807) is 6.20 Å². The summed E-state index contributed by atoms with van der Waals surface area (Å²) in [5.74, 6) is 2.04. The first-order valence-corrected chi connectivity index (χ1v) is 12.2. The molecule has 1 saturated carbocycles. The average molecular weight is 480 g/mol. The second-order valence-corrected chi connectivity index (χ2v) is 9.78. The molecule has 0 amide bonds. The van der Waals surface area contributed by atoms with E-state index >= 15 is 0 Å². The average Bonchev–Trinajstić information content (AvgIpc) is 3.67. The second kappa shape index (κ2) is 9.82. The summed E-state index contributed by atoms with van der Waals surface area (Å²) in [5.41, 5.74) is 1.31. The van der Waals surface area contributed by atoms with Gasteiger partial charge in [-0.1, -0.05) is 12.1 Å². The monoisotopic (exact) mass is 479 g/mol. The van der Waals surface area contributed by atoms with Crippen LogP contribution in [-0.2, 0) is 12.7 Å². The van der Waals surface area contributed by atoms with Crippen LogP contribution in [0, 0.1) is 23.2 Å². The Kier molecular flexibility index (Phi) is 6.61. The second-order valence-electron chi connectivity index (χ2n) is 9.78. The number of hydrogen-bond acceptors (Lipinski definition) is 5. The zero-order valence-corrected chi connectivity index (χ0v) is 19.5. The number of piperidine rings is 1. The Morgan fingerprint density at radius 2 is 1.74 bits per heavy atom. The minimum Gasteiger partial charge on any atom is -0.356 e. The third-order valence-corrected chi connectivity index (χ3v) is 6.99. The zero-order chi connectivity index (χ0) is 24.4. The van der Waals surface area contributed by atoms with E-state index < -0.39 is 11.9 Å². The van der Waals surface area contributed by atoms with Crippen LogP contribution in [0.25, 0.3) is 10.9 Å². The van der Waals surface area contributed by atoms with Gasteiger partial charge in [0.25, 0.3) is 0 Å². The summed E-state index contributed by atoms with van der Waals surface area (Å²) in [6, 6.07) is 14.2. The first kappa shape index (κ1) is 23.6. The Morgan fingerprint density at radius 1 is 1.00 bits per heavy atom. The molecule has 5 nitrogen and oxygen atoms in total. The van der Waals surface area contributed by atoms with Crippen LogP contribution in [0.15, 0.2) is 48.7 Å². The summed E-state index contributed by atoms with van der Waals surface area (Å²) in [6.07, 6.45) is 1.69. The smallest absolute Gasteiger partial charge is 0.356 e. The number of benzene rings is 1. The van der Waals surface area contributed by atoms with Gasteiger partial charge in [0.1, 0.15) is 11.5 Å². The van der Waals surface area contributed by atoms with Crippen molar-refractivity contribution in [2.75, 3.05) is 31.1 Å². The maximum atomic E-state index is 13.1. The van der Waals surface area contributed by atoms with E-state index in [1.807, 2.05) is 18.2 Å². The maximum absolute atomic E-state index is 13.1. The van der Waals surface area contributed by atoms with Crippen molar-refractivity contribution < 1.29 is 13.2 Å². The lowest BCUT2D eigenvalue weighted by atomic mass is 9.95. The highest BCUT2D eigenvalue weighted by atomic mass is 19.4. The van der Waals surface area contributed by atoms with Crippen molar-refractivity contribution in [2.45, 2.75) is 38.4 Å². The van der Waals surface area contributed by atoms with Gasteiger partial charge >= 0.3 is 6.18 Å². The largest absolute Gasteiger partial charge is 0.433 e. The highest BCUT2D eigenvalue weighted by molar-refractivity contribution is 5.89. The predicted molar refractivity (Wildman–Crippen MR) is 129 cm³/mol. The molecule has 0 radical (unpaired) electrons. The number of rotatable bonds is 7. The fourth-order valence-corrected chi connectivity index (χ4v) is 5.01. The highest BCUT2D eigenvalue weighted by Crippen LogP contribution is 2.34. The van der Waals surface area contributed by atoms with Crippen molar-refractivity contribution in [3.05, 3.63) is 65.5 Å². The fraction of sp³-hybridized carbons (Fsp3) is 0.444. The van der Waals surface area contributed by atoms with Gasteiger partial charge in [-0.2, -0.15) is 18.4 Å². The van der Waals surface area contributed by atoms with Crippen molar-refractivity contribution >= 4 is 16.7 Å². The summed E-state index contributed by atoms with van der Waals surface area (Å²) in [5, 5.41) is 9.88. The number of alkyl halides is 3. The maximum Gasteiger partial charge on any atom is 0.433 e. The van der Waals surface area contributed by atoms with E-state index in [2.05, 4.69) is 31.9 Å². The van der Waals surface area contributed by atoms with Gasteiger partial charge in [-0.15, -0.1) is 0 Å². The molecule has 1 aliphatic carbocycles. The van der Waals surface area contributed by atoms with Crippen LogP contribution < -0.4 is 4.90 Å². The standard InChI is InChI=1S/C27H28F3N5/c28-27(29,30)25-7-6-23-24(33-25)8-11-32-26(23)35-12-9-20(10-13-35)17-34(16-19-4-5-19)18-22-3-1-2-21(14-22)15-31/h1-3,6-8,11,14,19-20H,4-5,9-10,12-13,16-18H2. The van der Waals surface area contributed by atoms with Gasteiger partial charge in [-0.05, 0) is 73.4 Å². The summed E-state index contributed by atoms with van der Waals surface area (Å²) >= 11 is 0. The number of nitrogens with zero attached hydrogens (tertiary/aromatic N) is 5. The number of anilines is 1. The number of aromatic nitrogens is 2. The number of pyridine rings is 2. The van der Waals surface area contributed by atoms with Crippen LogP contribution in [-0.4, -0.2) is 41.0 Å². The van der Waals surface area contributed by atoms with Crippen LogP contribution in [0.2, 0.25) is 0 Å². The van der Waals surface area contributed by atoms with Gasteiger partial charge in [0.15, 0.2) is 0 Å². The van der Waals surface area contributed by atoms with Gasteiger partial charge in [0, 0.05) is 44.3 Å². The molecule has 0 unspecified atom stereocenters. The molecule has 182 valence electrons. The normalized spacial score (nSPS) is 17.2. The molecule has 8 heteroatoms. The molecule has 3 aromatic rings. The molecule has 2 aliphatic rings. The molecule has 0 N–H and O–H groups in total. The summed E-state index contributed by atoms with van der Waals surface area (Å²) < 4.78 is 39.2. The summed E-state index contributed by atoms with van der Waals surface area (Å²) in [6.45, 7) is 4.60.